The topological polar surface area (TPSA) is 36.7 Å². The van der Waals surface area contributed by atoms with Crippen LogP contribution in [-0.2, 0) is 0 Å². The molecule has 0 aliphatic rings. The molecule has 0 spiro atoms. The van der Waals surface area contributed by atoms with Crippen molar-refractivity contribution in [1.82, 2.24) is 4.98 Å². The summed E-state index contributed by atoms with van der Waals surface area (Å²) in [6.45, 7) is 0. The maximum atomic E-state index is 8.27. The standard InChI is InChI=1S/C9H7BrN2/c10-9-5-8(6-12-7-9)3-1-2-4-11/h1,3,5-7H,2H2. The third-order valence-corrected chi connectivity index (χ3v) is 1.68. The van der Waals surface area contributed by atoms with Crippen molar-refractivity contribution in [3.63, 3.8) is 0 Å². The van der Waals surface area contributed by atoms with E-state index in [1.807, 2.05) is 24.3 Å². The second-order valence-electron chi connectivity index (χ2n) is 2.20. The van der Waals surface area contributed by atoms with E-state index in [-0.39, 0.29) is 0 Å². The van der Waals surface area contributed by atoms with E-state index in [1.54, 1.807) is 12.4 Å². The first-order valence-electron chi connectivity index (χ1n) is 3.47. The zero-order chi connectivity index (χ0) is 8.81. The summed E-state index contributed by atoms with van der Waals surface area (Å²) >= 11 is 3.31. The maximum absolute atomic E-state index is 8.27. The van der Waals surface area contributed by atoms with E-state index in [1.165, 1.54) is 0 Å². The molecule has 3 heteroatoms. The Balaban J connectivity index is 2.71. The van der Waals surface area contributed by atoms with Crippen molar-refractivity contribution in [3.05, 3.63) is 34.6 Å². The van der Waals surface area contributed by atoms with Gasteiger partial charge in [-0.05, 0) is 27.6 Å². The van der Waals surface area contributed by atoms with Crippen molar-refractivity contribution >= 4 is 22.0 Å². The summed E-state index contributed by atoms with van der Waals surface area (Å²) in [5.74, 6) is 0. The largest absolute Gasteiger partial charge is 0.263 e. The highest BCUT2D eigenvalue weighted by Crippen LogP contribution is 2.10. The van der Waals surface area contributed by atoms with Gasteiger partial charge in [0.15, 0.2) is 0 Å². The smallest absolute Gasteiger partial charge is 0.0663 e. The van der Waals surface area contributed by atoms with Crippen molar-refractivity contribution in [2.75, 3.05) is 0 Å². The minimum Gasteiger partial charge on any atom is -0.263 e. The molecule has 2 nitrogen and oxygen atoms in total. The number of rotatable bonds is 2. The van der Waals surface area contributed by atoms with Crippen LogP contribution in [0.4, 0.5) is 0 Å². The number of nitrogens with zero attached hydrogens (tertiary/aromatic N) is 2. The molecule has 1 heterocycles. The second kappa shape index (κ2) is 4.68. The lowest BCUT2D eigenvalue weighted by Gasteiger charge is -1.91. The zero-order valence-corrected chi connectivity index (χ0v) is 7.95. The van der Waals surface area contributed by atoms with Crippen LogP contribution in [-0.4, -0.2) is 4.98 Å². The molecule has 0 fully saturated rings. The fourth-order valence-corrected chi connectivity index (χ4v) is 1.15. The fourth-order valence-electron chi connectivity index (χ4n) is 0.767. The molecule has 0 aliphatic heterocycles. The summed E-state index contributed by atoms with van der Waals surface area (Å²) in [5, 5.41) is 8.27. The number of hydrogen-bond donors (Lipinski definition) is 0. The average molecular weight is 223 g/mol. The number of allylic oxidation sites excluding steroid dienone is 1. The van der Waals surface area contributed by atoms with Crippen LogP contribution in [0.5, 0.6) is 0 Å². The van der Waals surface area contributed by atoms with Crippen LogP contribution >= 0.6 is 15.9 Å². The van der Waals surface area contributed by atoms with Crippen molar-refractivity contribution in [2.24, 2.45) is 0 Å². The predicted octanol–water partition coefficient (Wildman–Crippen LogP) is 2.77. The number of hydrogen-bond acceptors (Lipinski definition) is 2. The highest BCUT2D eigenvalue weighted by molar-refractivity contribution is 9.10. The minimum atomic E-state index is 0.437. The van der Waals surface area contributed by atoms with Crippen LogP contribution in [0.3, 0.4) is 0 Å². The van der Waals surface area contributed by atoms with E-state index in [2.05, 4.69) is 20.9 Å². The SMILES string of the molecule is N#CCC=Cc1cncc(Br)c1. The molecule has 1 rings (SSSR count). The van der Waals surface area contributed by atoms with Crippen LogP contribution in [0.15, 0.2) is 29.0 Å². The van der Waals surface area contributed by atoms with Gasteiger partial charge >= 0.3 is 0 Å². The lowest BCUT2D eigenvalue weighted by atomic mass is 10.2. The van der Waals surface area contributed by atoms with Crippen molar-refractivity contribution in [1.29, 1.82) is 5.26 Å². The third kappa shape index (κ3) is 2.85. The fraction of sp³-hybridized carbons (Fsp3) is 0.111. The molecule has 12 heavy (non-hydrogen) atoms. The predicted molar refractivity (Wildman–Crippen MR) is 51.2 cm³/mol. The Kier molecular flexibility index (Phi) is 3.49. The summed E-state index contributed by atoms with van der Waals surface area (Å²) in [6, 6.07) is 3.98. The van der Waals surface area contributed by atoms with Gasteiger partial charge in [-0.25, -0.2) is 0 Å². The Morgan fingerprint density at radius 1 is 1.58 bits per heavy atom. The van der Waals surface area contributed by atoms with E-state index in [0.717, 1.165) is 10.0 Å². The number of halogens is 1. The number of pyridine rings is 1. The third-order valence-electron chi connectivity index (χ3n) is 1.25. The monoisotopic (exact) mass is 222 g/mol. The zero-order valence-electron chi connectivity index (χ0n) is 6.37. The first kappa shape index (κ1) is 8.95. The molecular weight excluding hydrogens is 216 g/mol. The first-order chi connectivity index (χ1) is 5.83. The molecule has 0 aliphatic carbocycles. The lowest BCUT2D eigenvalue weighted by Crippen LogP contribution is -1.75. The quantitative estimate of drug-likeness (QED) is 0.772. The van der Waals surface area contributed by atoms with Gasteiger partial charge in [0.05, 0.1) is 12.5 Å². The van der Waals surface area contributed by atoms with E-state index in [4.69, 9.17) is 5.26 Å². The summed E-state index contributed by atoms with van der Waals surface area (Å²) in [5.41, 5.74) is 1.000. The molecule has 60 valence electrons. The Morgan fingerprint density at radius 2 is 2.42 bits per heavy atom. The minimum absolute atomic E-state index is 0.437. The van der Waals surface area contributed by atoms with Gasteiger partial charge in [-0.2, -0.15) is 5.26 Å². The van der Waals surface area contributed by atoms with E-state index in [9.17, 15) is 0 Å². The Bertz CT molecular complexity index is 326. The van der Waals surface area contributed by atoms with E-state index in [0.29, 0.717) is 6.42 Å². The van der Waals surface area contributed by atoms with Gasteiger partial charge < -0.3 is 0 Å². The molecule has 0 amide bonds. The molecule has 0 N–H and O–H groups in total. The molecular formula is C9H7BrN2. The molecule has 0 radical (unpaired) electrons. The van der Waals surface area contributed by atoms with Crippen LogP contribution in [0, 0.1) is 11.3 Å². The molecule has 0 aromatic carbocycles. The van der Waals surface area contributed by atoms with Gasteiger partial charge in [0.2, 0.25) is 0 Å². The normalized spacial score (nSPS) is 10.0. The molecule has 0 atom stereocenters. The molecule has 0 bridgehead atoms. The highest BCUT2D eigenvalue weighted by atomic mass is 79.9. The summed E-state index contributed by atoms with van der Waals surface area (Å²) < 4.78 is 0.946. The van der Waals surface area contributed by atoms with Crippen LogP contribution in [0.1, 0.15) is 12.0 Å². The van der Waals surface area contributed by atoms with Gasteiger partial charge in [0.1, 0.15) is 0 Å². The van der Waals surface area contributed by atoms with E-state index < -0.39 is 0 Å². The average Bonchev–Trinajstić information content (AvgIpc) is 2.05. The Labute approximate surface area is 79.7 Å². The molecule has 0 unspecified atom stereocenters. The van der Waals surface area contributed by atoms with Crippen molar-refractivity contribution in [2.45, 2.75) is 6.42 Å². The second-order valence-corrected chi connectivity index (χ2v) is 3.12. The highest BCUT2D eigenvalue weighted by Gasteiger charge is 1.88. The number of nitriles is 1. The lowest BCUT2D eigenvalue weighted by molar-refractivity contribution is 1.29. The van der Waals surface area contributed by atoms with Gasteiger partial charge in [0.25, 0.3) is 0 Å². The molecule has 1 aromatic rings. The van der Waals surface area contributed by atoms with Crippen LogP contribution in [0.2, 0.25) is 0 Å². The number of aromatic nitrogens is 1. The summed E-state index contributed by atoms with van der Waals surface area (Å²) in [6.07, 6.45) is 7.59. The summed E-state index contributed by atoms with van der Waals surface area (Å²) in [4.78, 5) is 3.98. The van der Waals surface area contributed by atoms with Gasteiger partial charge in [-0.3, -0.25) is 4.98 Å². The van der Waals surface area contributed by atoms with E-state index >= 15 is 0 Å². The Hall–Kier alpha value is -1.14. The molecule has 0 saturated carbocycles. The van der Waals surface area contributed by atoms with Crippen molar-refractivity contribution < 1.29 is 0 Å². The maximum Gasteiger partial charge on any atom is 0.0663 e. The molecule has 1 aromatic heterocycles. The van der Waals surface area contributed by atoms with Gasteiger partial charge in [-0.15, -0.1) is 0 Å². The van der Waals surface area contributed by atoms with Crippen molar-refractivity contribution in [3.8, 4) is 6.07 Å². The summed E-state index contributed by atoms with van der Waals surface area (Å²) in [7, 11) is 0. The van der Waals surface area contributed by atoms with Crippen LogP contribution < -0.4 is 0 Å². The van der Waals surface area contributed by atoms with Crippen LogP contribution in [0.25, 0.3) is 6.08 Å². The molecule has 0 saturated heterocycles. The Morgan fingerprint density at radius 3 is 3.08 bits per heavy atom. The van der Waals surface area contributed by atoms with Gasteiger partial charge in [0, 0.05) is 16.9 Å². The van der Waals surface area contributed by atoms with Gasteiger partial charge in [-0.1, -0.05) is 12.2 Å². The first-order valence-corrected chi connectivity index (χ1v) is 4.26.